The number of furan rings is 1. The van der Waals surface area contributed by atoms with E-state index in [0.29, 0.717) is 10.8 Å². The lowest BCUT2D eigenvalue weighted by Crippen LogP contribution is -1.94. The molecule has 21 heavy (non-hydrogen) atoms. The average Bonchev–Trinajstić information content (AvgIpc) is 3.15. The molecule has 0 radical (unpaired) electrons. The molecule has 5 nitrogen and oxygen atoms in total. The number of para-hydroxylation sites is 1. The Morgan fingerprint density at radius 3 is 2.71 bits per heavy atom. The number of hydrogen-bond donors (Lipinski definition) is 1. The lowest BCUT2D eigenvalue weighted by Gasteiger charge is -1.99. The largest absolute Gasteiger partial charge is 0.475 e. The van der Waals surface area contributed by atoms with E-state index in [4.69, 9.17) is 9.52 Å². The highest BCUT2D eigenvalue weighted by Crippen LogP contribution is 2.24. The van der Waals surface area contributed by atoms with Crippen LogP contribution in [0.3, 0.4) is 0 Å². The van der Waals surface area contributed by atoms with E-state index in [9.17, 15) is 4.79 Å². The molecule has 0 atom stereocenters. The quantitative estimate of drug-likeness (QED) is 0.731. The van der Waals surface area contributed by atoms with Crippen LogP contribution in [0, 0.1) is 0 Å². The molecule has 3 rings (SSSR count). The van der Waals surface area contributed by atoms with Crippen LogP contribution < -0.4 is 0 Å². The van der Waals surface area contributed by atoms with Gasteiger partial charge in [0, 0.05) is 11.9 Å². The van der Waals surface area contributed by atoms with Gasteiger partial charge in [-0.3, -0.25) is 0 Å². The smallest absolute Gasteiger partial charge is 0.371 e. The van der Waals surface area contributed by atoms with Crippen molar-refractivity contribution in [3.8, 4) is 5.69 Å². The fourth-order valence-corrected chi connectivity index (χ4v) is 2.58. The lowest BCUT2D eigenvalue weighted by molar-refractivity contribution is 0.0656. The first-order chi connectivity index (χ1) is 10.2. The van der Waals surface area contributed by atoms with E-state index in [0.717, 1.165) is 11.4 Å². The Morgan fingerprint density at radius 1 is 1.19 bits per heavy atom. The number of carboxylic acids is 1. The molecule has 0 unspecified atom stereocenters. The maximum absolute atomic E-state index is 10.7. The zero-order valence-corrected chi connectivity index (χ0v) is 11.8. The number of benzene rings is 1. The van der Waals surface area contributed by atoms with Gasteiger partial charge in [-0.1, -0.05) is 30.0 Å². The van der Waals surface area contributed by atoms with Gasteiger partial charge < -0.3 is 9.52 Å². The molecule has 0 aliphatic heterocycles. The molecule has 0 fully saturated rings. The first-order valence-electron chi connectivity index (χ1n) is 6.28. The van der Waals surface area contributed by atoms with E-state index >= 15 is 0 Å². The third-order valence-corrected chi connectivity index (χ3v) is 3.76. The fourth-order valence-electron chi connectivity index (χ4n) is 1.82. The van der Waals surface area contributed by atoms with Crippen LogP contribution in [0.5, 0.6) is 0 Å². The van der Waals surface area contributed by atoms with Crippen molar-refractivity contribution in [2.75, 3.05) is 0 Å². The second-order valence-corrected chi connectivity index (χ2v) is 5.28. The number of rotatable bonds is 5. The van der Waals surface area contributed by atoms with E-state index in [1.54, 1.807) is 10.7 Å². The number of nitrogens with zero attached hydrogens (tertiary/aromatic N) is 2. The third-order valence-electron chi connectivity index (χ3n) is 2.82. The Balaban J connectivity index is 1.66. The molecular weight excluding hydrogens is 288 g/mol. The Labute approximate surface area is 125 Å². The van der Waals surface area contributed by atoms with Crippen molar-refractivity contribution in [3.05, 3.63) is 66.2 Å². The van der Waals surface area contributed by atoms with Gasteiger partial charge in [-0.15, -0.1) is 0 Å². The van der Waals surface area contributed by atoms with Gasteiger partial charge >= 0.3 is 5.97 Å². The minimum atomic E-state index is -1.06. The van der Waals surface area contributed by atoms with Gasteiger partial charge in [0.1, 0.15) is 0 Å². The Hall–Kier alpha value is -2.47. The van der Waals surface area contributed by atoms with Crippen LogP contribution >= 0.6 is 11.8 Å². The number of carboxylic acid groups (broad SMARTS) is 1. The third kappa shape index (κ3) is 3.17. The summed E-state index contributed by atoms with van der Waals surface area (Å²) in [5, 5.41) is 13.8. The minimum Gasteiger partial charge on any atom is -0.475 e. The van der Waals surface area contributed by atoms with E-state index in [-0.39, 0.29) is 5.76 Å². The number of carbonyl (C=O) groups is 1. The predicted molar refractivity (Wildman–Crippen MR) is 78.8 cm³/mol. The Bertz CT molecular complexity index is 749. The van der Waals surface area contributed by atoms with Crippen molar-refractivity contribution in [2.24, 2.45) is 0 Å². The molecule has 0 aliphatic rings. The lowest BCUT2D eigenvalue weighted by atomic mass is 10.3. The zero-order chi connectivity index (χ0) is 14.7. The van der Waals surface area contributed by atoms with Crippen LogP contribution in [0.2, 0.25) is 0 Å². The molecule has 0 spiro atoms. The Morgan fingerprint density at radius 2 is 2.00 bits per heavy atom. The zero-order valence-electron chi connectivity index (χ0n) is 11.0. The summed E-state index contributed by atoms with van der Waals surface area (Å²) in [6.45, 7) is 0. The van der Waals surface area contributed by atoms with E-state index < -0.39 is 5.97 Å². The summed E-state index contributed by atoms with van der Waals surface area (Å²) in [6.07, 6.45) is 1.90. The summed E-state index contributed by atoms with van der Waals surface area (Å²) < 4.78 is 6.99. The standard InChI is InChI=1S/C15H12N2O3S/c18-15(19)13-6-7-14(20-13)21-10-11-8-9-17(16-11)12-4-2-1-3-5-12/h1-9H,10H2,(H,18,19). The van der Waals surface area contributed by atoms with Gasteiger partial charge in [0.2, 0.25) is 5.76 Å². The molecule has 0 aliphatic carbocycles. The van der Waals surface area contributed by atoms with Crippen LogP contribution in [0.15, 0.2) is 64.2 Å². The summed E-state index contributed by atoms with van der Waals surface area (Å²) in [5.41, 5.74) is 1.90. The van der Waals surface area contributed by atoms with Crippen molar-refractivity contribution >= 4 is 17.7 Å². The number of aromatic carboxylic acids is 1. The molecule has 3 aromatic rings. The highest BCUT2D eigenvalue weighted by atomic mass is 32.2. The van der Waals surface area contributed by atoms with Crippen molar-refractivity contribution in [2.45, 2.75) is 10.8 Å². The molecule has 0 saturated heterocycles. The maximum atomic E-state index is 10.7. The second kappa shape index (κ2) is 5.88. The molecule has 1 aromatic carbocycles. The van der Waals surface area contributed by atoms with Crippen molar-refractivity contribution in [1.82, 2.24) is 9.78 Å². The summed E-state index contributed by atoms with van der Waals surface area (Å²) in [4.78, 5) is 10.7. The molecule has 1 N–H and O–H groups in total. The maximum Gasteiger partial charge on any atom is 0.371 e. The molecule has 0 bridgehead atoms. The van der Waals surface area contributed by atoms with Crippen LogP contribution in [-0.4, -0.2) is 20.9 Å². The predicted octanol–water partition coefficient (Wildman–Crippen LogP) is 3.46. The average molecular weight is 300 g/mol. The van der Waals surface area contributed by atoms with Crippen LogP contribution in [0.1, 0.15) is 16.2 Å². The molecule has 2 heterocycles. The monoisotopic (exact) mass is 300 g/mol. The Kier molecular flexibility index (Phi) is 3.79. The van der Waals surface area contributed by atoms with Crippen LogP contribution in [0.4, 0.5) is 0 Å². The van der Waals surface area contributed by atoms with Crippen LogP contribution in [-0.2, 0) is 5.75 Å². The van der Waals surface area contributed by atoms with Gasteiger partial charge in [-0.05, 0) is 30.3 Å². The van der Waals surface area contributed by atoms with Gasteiger partial charge in [0.25, 0.3) is 0 Å². The van der Waals surface area contributed by atoms with E-state index in [2.05, 4.69) is 5.10 Å². The SMILES string of the molecule is O=C(O)c1ccc(SCc2ccn(-c3ccccc3)n2)o1. The van der Waals surface area contributed by atoms with Crippen molar-refractivity contribution in [1.29, 1.82) is 0 Å². The number of hydrogen-bond acceptors (Lipinski definition) is 4. The first kappa shape index (κ1) is 13.5. The topological polar surface area (TPSA) is 68.3 Å². The van der Waals surface area contributed by atoms with E-state index in [1.165, 1.54) is 17.8 Å². The summed E-state index contributed by atoms with van der Waals surface area (Å²) in [7, 11) is 0. The van der Waals surface area contributed by atoms with E-state index in [1.807, 2.05) is 42.6 Å². The minimum absolute atomic E-state index is 0.0488. The first-order valence-corrected chi connectivity index (χ1v) is 7.27. The second-order valence-electron chi connectivity index (χ2n) is 4.30. The van der Waals surface area contributed by atoms with Gasteiger partial charge in [0.15, 0.2) is 5.09 Å². The molecule has 2 aromatic heterocycles. The number of thioether (sulfide) groups is 1. The van der Waals surface area contributed by atoms with Crippen LogP contribution in [0.25, 0.3) is 5.69 Å². The summed E-state index contributed by atoms with van der Waals surface area (Å²) in [6, 6.07) is 14.9. The van der Waals surface area contributed by atoms with Gasteiger partial charge in [-0.2, -0.15) is 5.10 Å². The fraction of sp³-hybridized carbons (Fsp3) is 0.0667. The van der Waals surface area contributed by atoms with Gasteiger partial charge in [-0.25, -0.2) is 9.48 Å². The molecule has 106 valence electrons. The molecule has 0 saturated carbocycles. The molecule has 0 amide bonds. The highest BCUT2D eigenvalue weighted by Gasteiger charge is 2.10. The van der Waals surface area contributed by atoms with Gasteiger partial charge in [0.05, 0.1) is 11.4 Å². The summed E-state index contributed by atoms with van der Waals surface area (Å²) in [5.74, 6) is -0.491. The normalized spacial score (nSPS) is 10.7. The number of aromatic nitrogens is 2. The van der Waals surface area contributed by atoms with Crippen molar-refractivity contribution < 1.29 is 14.3 Å². The molecular formula is C15H12N2O3S. The van der Waals surface area contributed by atoms with Crippen molar-refractivity contribution in [3.63, 3.8) is 0 Å². The molecule has 6 heteroatoms. The highest BCUT2D eigenvalue weighted by molar-refractivity contribution is 7.98. The summed E-state index contributed by atoms with van der Waals surface area (Å²) >= 11 is 1.41.